The van der Waals surface area contributed by atoms with Gasteiger partial charge in [-0.05, 0) is 51.0 Å². The third-order valence-electron chi connectivity index (χ3n) is 6.32. The zero-order chi connectivity index (χ0) is 26.0. The Morgan fingerprint density at radius 3 is 2.67 bits per heavy atom. The number of esters is 1. The summed E-state index contributed by atoms with van der Waals surface area (Å²) in [6.45, 7) is 9.00. The van der Waals surface area contributed by atoms with Crippen molar-refractivity contribution in [3.63, 3.8) is 0 Å². The maximum atomic E-state index is 13.2. The van der Waals surface area contributed by atoms with Crippen molar-refractivity contribution in [2.24, 2.45) is 5.92 Å². The molecule has 3 heterocycles. The number of likely N-dealkylation sites (tertiary alicyclic amines) is 1. The van der Waals surface area contributed by atoms with Crippen LogP contribution >= 0.6 is 0 Å². The number of nitrogens with one attached hydrogen (secondary N) is 1. The number of anilines is 1. The Balaban J connectivity index is 1.71. The third-order valence-corrected chi connectivity index (χ3v) is 6.32. The van der Waals surface area contributed by atoms with Crippen molar-refractivity contribution < 1.29 is 23.9 Å². The molecule has 190 valence electrons. The summed E-state index contributed by atoms with van der Waals surface area (Å²) in [6, 6.07) is 6.00. The molecule has 0 saturated carbocycles. The molecule has 36 heavy (non-hydrogen) atoms. The Morgan fingerprint density at radius 2 is 1.94 bits per heavy atom. The van der Waals surface area contributed by atoms with Crippen LogP contribution in [-0.4, -0.2) is 70.9 Å². The minimum Gasteiger partial charge on any atom is -0.462 e. The first-order chi connectivity index (χ1) is 17.2. The van der Waals surface area contributed by atoms with E-state index in [1.807, 2.05) is 26.8 Å². The summed E-state index contributed by atoms with van der Waals surface area (Å²) in [6.07, 6.45) is 1.45. The Labute approximate surface area is 209 Å². The molecule has 2 amide bonds. The largest absolute Gasteiger partial charge is 0.462 e. The van der Waals surface area contributed by atoms with Crippen molar-refractivity contribution in [1.29, 1.82) is 0 Å². The fourth-order valence-corrected chi connectivity index (χ4v) is 4.52. The van der Waals surface area contributed by atoms with E-state index in [1.165, 1.54) is 10.9 Å². The normalized spacial score (nSPS) is 15.5. The summed E-state index contributed by atoms with van der Waals surface area (Å²) in [5, 5.41) is 8.25. The molecular weight excluding hydrogens is 462 g/mol. The molecule has 2 aromatic heterocycles. The van der Waals surface area contributed by atoms with Gasteiger partial charge >= 0.3 is 5.97 Å². The summed E-state index contributed by atoms with van der Waals surface area (Å²) in [4.78, 5) is 44.7. The molecule has 1 aliphatic rings. The first-order valence-corrected chi connectivity index (χ1v) is 11.9. The second-order valence-corrected chi connectivity index (χ2v) is 9.04. The van der Waals surface area contributed by atoms with E-state index in [2.05, 4.69) is 22.5 Å². The Kier molecular flexibility index (Phi) is 7.35. The molecule has 1 fully saturated rings. The number of pyridine rings is 1. The van der Waals surface area contributed by atoms with Crippen LogP contribution in [0.3, 0.4) is 0 Å². The van der Waals surface area contributed by atoms with Crippen molar-refractivity contribution >= 4 is 34.5 Å². The van der Waals surface area contributed by atoms with E-state index >= 15 is 0 Å². The van der Waals surface area contributed by atoms with Crippen LogP contribution in [0.4, 0.5) is 5.82 Å². The van der Waals surface area contributed by atoms with Crippen LogP contribution in [0.15, 0.2) is 24.4 Å². The van der Waals surface area contributed by atoms with Gasteiger partial charge in [0, 0.05) is 32.0 Å². The highest BCUT2D eigenvalue weighted by Gasteiger charge is 2.35. The minimum atomic E-state index is -0.604. The minimum absolute atomic E-state index is 0.0876. The van der Waals surface area contributed by atoms with Crippen molar-refractivity contribution in [2.45, 2.75) is 34.1 Å². The highest BCUT2D eigenvalue weighted by atomic mass is 16.5. The smallest absolute Gasteiger partial charge is 0.343 e. The van der Waals surface area contributed by atoms with E-state index in [0.717, 1.165) is 27.6 Å². The predicted octanol–water partition coefficient (Wildman–Crippen LogP) is 2.96. The molecule has 1 unspecified atom stereocenters. The van der Waals surface area contributed by atoms with Crippen LogP contribution in [0.5, 0.6) is 0 Å². The van der Waals surface area contributed by atoms with Crippen LogP contribution in [0.25, 0.3) is 16.7 Å². The van der Waals surface area contributed by atoms with Crippen LogP contribution in [-0.2, 0) is 19.1 Å². The number of hydrogen-bond donors (Lipinski definition) is 1. The Morgan fingerprint density at radius 1 is 1.17 bits per heavy atom. The number of fused-ring (bicyclic) bond motifs is 1. The van der Waals surface area contributed by atoms with Gasteiger partial charge in [0.05, 0.1) is 30.8 Å². The number of nitrogens with zero attached hydrogens (tertiary/aromatic N) is 4. The van der Waals surface area contributed by atoms with Crippen molar-refractivity contribution in [2.75, 3.05) is 38.7 Å². The van der Waals surface area contributed by atoms with Gasteiger partial charge in [-0.1, -0.05) is 11.6 Å². The molecule has 10 nitrogen and oxygen atoms in total. The molecule has 4 rings (SSSR count). The summed E-state index contributed by atoms with van der Waals surface area (Å²) < 4.78 is 11.7. The molecule has 1 aromatic carbocycles. The number of benzene rings is 1. The summed E-state index contributed by atoms with van der Waals surface area (Å²) >= 11 is 0. The summed E-state index contributed by atoms with van der Waals surface area (Å²) in [5.74, 6) is -1.03. The van der Waals surface area contributed by atoms with Crippen LogP contribution in [0.1, 0.15) is 40.4 Å². The number of ether oxygens (including phenoxy) is 2. The molecule has 0 spiro atoms. The van der Waals surface area contributed by atoms with Gasteiger partial charge in [-0.2, -0.15) is 9.78 Å². The quantitative estimate of drug-likeness (QED) is 0.480. The van der Waals surface area contributed by atoms with E-state index in [9.17, 15) is 14.4 Å². The van der Waals surface area contributed by atoms with Crippen molar-refractivity contribution in [1.82, 2.24) is 19.7 Å². The van der Waals surface area contributed by atoms with E-state index < -0.39 is 11.9 Å². The molecule has 0 radical (unpaired) electrons. The molecular formula is C26H31N5O5. The average molecular weight is 494 g/mol. The monoisotopic (exact) mass is 493 g/mol. The molecule has 1 N–H and O–H groups in total. The van der Waals surface area contributed by atoms with Crippen LogP contribution in [0, 0.1) is 26.7 Å². The molecule has 0 bridgehead atoms. The number of aryl methyl sites for hydroxylation is 3. The molecule has 1 atom stereocenters. The topological polar surface area (TPSA) is 116 Å². The lowest BCUT2D eigenvalue weighted by Gasteiger charge is -2.17. The standard InChI is InChI=1S/C26H31N5O5/c1-6-36-26(34)20-13-27-31(21-11-16(3)19-10-15(2)9-17(4)23(19)28-21)24(20)29-25(33)18-12-22(32)30(14-18)7-8-35-5/h9-11,13,18H,6-8,12,14H2,1-5H3,(H,29,33). The fourth-order valence-electron chi connectivity index (χ4n) is 4.52. The van der Waals surface area contributed by atoms with Gasteiger partial charge in [0.15, 0.2) is 11.6 Å². The Hall–Kier alpha value is -3.79. The number of methoxy groups -OCH3 is 1. The average Bonchev–Trinajstić information content (AvgIpc) is 3.41. The number of amides is 2. The summed E-state index contributed by atoms with van der Waals surface area (Å²) in [5.41, 5.74) is 4.07. The molecule has 10 heteroatoms. The Bertz CT molecular complexity index is 1330. The molecule has 1 aliphatic heterocycles. The van der Waals surface area contributed by atoms with Gasteiger partial charge in [-0.25, -0.2) is 9.78 Å². The first-order valence-electron chi connectivity index (χ1n) is 11.9. The first kappa shape index (κ1) is 25.3. The van der Waals surface area contributed by atoms with Gasteiger partial charge in [0.2, 0.25) is 11.8 Å². The second kappa shape index (κ2) is 10.4. The van der Waals surface area contributed by atoms with E-state index in [-0.39, 0.29) is 42.8 Å². The maximum absolute atomic E-state index is 13.2. The highest BCUT2D eigenvalue weighted by molar-refractivity contribution is 6.02. The number of carbonyl (C=O) groups is 3. The van der Waals surface area contributed by atoms with Gasteiger partial charge < -0.3 is 19.7 Å². The number of rotatable bonds is 8. The van der Waals surface area contributed by atoms with Gasteiger partial charge in [-0.3, -0.25) is 9.59 Å². The molecule has 3 aromatic rings. The number of aromatic nitrogens is 3. The maximum Gasteiger partial charge on any atom is 0.343 e. The molecule has 0 aliphatic carbocycles. The van der Waals surface area contributed by atoms with Crippen molar-refractivity contribution in [3.05, 3.63) is 46.6 Å². The zero-order valence-corrected chi connectivity index (χ0v) is 21.3. The van der Waals surface area contributed by atoms with Gasteiger partial charge in [-0.15, -0.1) is 0 Å². The van der Waals surface area contributed by atoms with Gasteiger partial charge in [0.25, 0.3) is 0 Å². The van der Waals surface area contributed by atoms with E-state index in [1.54, 1.807) is 18.9 Å². The van der Waals surface area contributed by atoms with E-state index in [4.69, 9.17) is 14.5 Å². The molecule has 1 saturated heterocycles. The lowest BCUT2D eigenvalue weighted by molar-refractivity contribution is -0.128. The van der Waals surface area contributed by atoms with Crippen LogP contribution < -0.4 is 5.32 Å². The zero-order valence-electron chi connectivity index (χ0n) is 21.3. The van der Waals surface area contributed by atoms with Crippen molar-refractivity contribution in [3.8, 4) is 5.82 Å². The number of carbonyl (C=O) groups excluding carboxylic acids is 3. The summed E-state index contributed by atoms with van der Waals surface area (Å²) in [7, 11) is 1.56. The van der Waals surface area contributed by atoms with Gasteiger partial charge in [0.1, 0.15) is 5.56 Å². The lowest BCUT2D eigenvalue weighted by atomic mass is 10.0. The predicted molar refractivity (Wildman–Crippen MR) is 134 cm³/mol. The lowest BCUT2D eigenvalue weighted by Crippen LogP contribution is -2.31. The third kappa shape index (κ3) is 4.94. The van der Waals surface area contributed by atoms with Crippen LogP contribution in [0.2, 0.25) is 0 Å². The SMILES string of the molecule is CCOC(=O)c1cnn(-c2cc(C)c3cc(C)cc(C)c3n2)c1NC(=O)C1CC(=O)N(CCOC)C1. The highest BCUT2D eigenvalue weighted by Crippen LogP contribution is 2.28. The fraction of sp³-hybridized carbons (Fsp3) is 0.423. The van der Waals surface area contributed by atoms with E-state index in [0.29, 0.717) is 19.0 Å². The second-order valence-electron chi connectivity index (χ2n) is 9.04. The number of hydrogen-bond acceptors (Lipinski definition) is 7.